The Labute approximate surface area is 179 Å². The molecule has 1 unspecified atom stereocenters. The summed E-state index contributed by atoms with van der Waals surface area (Å²) < 4.78 is 29.1. The van der Waals surface area contributed by atoms with Crippen LogP contribution in [0.3, 0.4) is 0 Å². The number of sulfonamides is 1. The summed E-state index contributed by atoms with van der Waals surface area (Å²) in [6.45, 7) is 1.91. The molecule has 3 aromatic carbocycles. The number of H-pyrrole nitrogens is 1. The average molecular weight is 445 g/mol. The first kappa shape index (κ1) is 20.0. The molecular weight excluding hydrogens is 427 g/mol. The van der Waals surface area contributed by atoms with Crippen LogP contribution in [0.4, 0.5) is 0 Å². The molecule has 0 bridgehead atoms. The van der Waals surface area contributed by atoms with Crippen LogP contribution >= 0.6 is 23.2 Å². The van der Waals surface area contributed by atoms with E-state index in [0.717, 1.165) is 22.0 Å². The summed E-state index contributed by atoms with van der Waals surface area (Å²) in [6, 6.07) is 18.8. The molecule has 7 heteroatoms. The number of para-hydroxylation sites is 1. The van der Waals surface area contributed by atoms with Gasteiger partial charge in [-0.15, -0.1) is 0 Å². The standard InChI is InChI=1S/C22H18Cl2N2O2S/c1-14-6-9-16(10-7-14)29(27,28)26-22(18-11-8-15(23)12-20(18)24)19-13-25-21-5-3-2-4-17(19)21/h2-13,22,25-26H,1H3. The number of benzene rings is 3. The van der Waals surface area contributed by atoms with Gasteiger partial charge in [0.05, 0.1) is 10.9 Å². The maximum absolute atomic E-state index is 13.1. The van der Waals surface area contributed by atoms with E-state index in [4.69, 9.17) is 23.2 Å². The third kappa shape index (κ3) is 4.05. The molecule has 0 amide bonds. The number of hydrogen-bond donors (Lipinski definition) is 2. The van der Waals surface area contributed by atoms with E-state index in [0.29, 0.717) is 15.6 Å². The molecule has 1 heterocycles. The Morgan fingerprint density at radius 3 is 2.38 bits per heavy atom. The van der Waals surface area contributed by atoms with Gasteiger partial charge in [0.15, 0.2) is 0 Å². The maximum Gasteiger partial charge on any atom is 0.241 e. The fraction of sp³-hybridized carbons (Fsp3) is 0.0909. The first-order valence-corrected chi connectivity index (χ1v) is 11.2. The van der Waals surface area contributed by atoms with Crippen LogP contribution in [0.15, 0.2) is 77.8 Å². The molecule has 0 aliphatic carbocycles. The van der Waals surface area contributed by atoms with Crippen molar-refractivity contribution in [1.82, 2.24) is 9.71 Å². The molecule has 0 aliphatic rings. The van der Waals surface area contributed by atoms with Crippen molar-refractivity contribution >= 4 is 44.1 Å². The molecule has 4 nitrogen and oxygen atoms in total. The Hall–Kier alpha value is -2.31. The van der Waals surface area contributed by atoms with Crippen LogP contribution in [0.1, 0.15) is 22.7 Å². The summed E-state index contributed by atoms with van der Waals surface area (Å²) in [4.78, 5) is 3.39. The van der Waals surface area contributed by atoms with Crippen molar-refractivity contribution in [2.24, 2.45) is 0 Å². The molecule has 29 heavy (non-hydrogen) atoms. The maximum atomic E-state index is 13.1. The zero-order valence-corrected chi connectivity index (χ0v) is 17.8. The summed E-state index contributed by atoms with van der Waals surface area (Å²) in [7, 11) is -3.80. The van der Waals surface area contributed by atoms with Gasteiger partial charge in [-0.3, -0.25) is 0 Å². The molecule has 2 N–H and O–H groups in total. The number of rotatable bonds is 5. The predicted molar refractivity (Wildman–Crippen MR) is 118 cm³/mol. The van der Waals surface area contributed by atoms with Crippen molar-refractivity contribution in [2.75, 3.05) is 0 Å². The van der Waals surface area contributed by atoms with Crippen molar-refractivity contribution in [3.05, 3.63) is 99.7 Å². The van der Waals surface area contributed by atoms with Gasteiger partial charge in [-0.2, -0.15) is 4.72 Å². The van der Waals surface area contributed by atoms with E-state index in [1.54, 1.807) is 48.7 Å². The number of aryl methyl sites for hydroxylation is 1. The lowest BCUT2D eigenvalue weighted by atomic mass is 9.99. The minimum Gasteiger partial charge on any atom is -0.361 e. The van der Waals surface area contributed by atoms with Crippen LogP contribution in [0.5, 0.6) is 0 Å². The van der Waals surface area contributed by atoms with Crippen molar-refractivity contribution < 1.29 is 8.42 Å². The molecular formula is C22H18Cl2N2O2S. The van der Waals surface area contributed by atoms with Crippen LogP contribution in [-0.2, 0) is 10.0 Å². The fourth-order valence-corrected chi connectivity index (χ4v) is 5.02. The van der Waals surface area contributed by atoms with Gasteiger partial charge in [0, 0.05) is 27.1 Å². The summed E-state index contributed by atoms with van der Waals surface area (Å²) >= 11 is 12.5. The normalized spacial score (nSPS) is 12.9. The van der Waals surface area contributed by atoms with Gasteiger partial charge in [0.25, 0.3) is 0 Å². The lowest BCUT2D eigenvalue weighted by Gasteiger charge is -2.20. The van der Waals surface area contributed by atoms with Gasteiger partial charge in [0.2, 0.25) is 10.0 Å². The van der Waals surface area contributed by atoms with Gasteiger partial charge >= 0.3 is 0 Å². The summed E-state index contributed by atoms with van der Waals surface area (Å²) in [5, 5.41) is 1.78. The van der Waals surface area contributed by atoms with E-state index in [1.165, 1.54) is 0 Å². The van der Waals surface area contributed by atoms with Crippen LogP contribution in [-0.4, -0.2) is 13.4 Å². The van der Waals surface area contributed by atoms with Gasteiger partial charge in [-0.05, 0) is 48.4 Å². The van der Waals surface area contributed by atoms with Crippen molar-refractivity contribution in [1.29, 1.82) is 0 Å². The Kier molecular flexibility index (Phi) is 5.40. The Morgan fingerprint density at radius 2 is 1.66 bits per heavy atom. The minimum absolute atomic E-state index is 0.193. The molecule has 1 aromatic heterocycles. The van der Waals surface area contributed by atoms with Crippen LogP contribution in [0.2, 0.25) is 10.0 Å². The predicted octanol–water partition coefficient (Wildman–Crippen LogP) is 5.85. The highest BCUT2D eigenvalue weighted by Gasteiger charge is 2.26. The number of halogens is 2. The topological polar surface area (TPSA) is 62.0 Å². The highest BCUT2D eigenvalue weighted by atomic mass is 35.5. The number of nitrogens with one attached hydrogen (secondary N) is 2. The van der Waals surface area contributed by atoms with E-state index in [2.05, 4.69) is 9.71 Å². The van der Waals surface area contributed by atoms with E-state index < -0.39 is 16.1 Å². The third-order valence-electron chi connectivity index (χ3n) is 4.81. The fourth-order valence-electron chi connectivity index (χ4n) is 3.30. The molecule has 0 saturated carbocycles. The highest BCUT2D eigenvalue weighted by Crippen LogP contribution is 2.35. The van der Waals surface area contributed by atoms with Gasteiger partial charge in [0.1, 0.15) is 0 Å². The van der Waals surface area contributed by atoms with E-state index >= 15 is 0 Å². The number of fused-ring (bicyclic) bond motifs is 1. The second kappa shape index (κ2) is 7.84. The van der Waals surface area contributed by atoms with Crippen molar-refractivity contribution in [3.8, 4) is 0 Å². The molecule has 0 fully saturated rings. The smallest absolute Gasteiger partial charge is 0.241 e. The minimum atomic E-state index is -3.80. The molecule has 0 aliphatic heterocycles. The second-order valence-corrected chi connectivity index (χ2v) is 9.38. The van der Waals surface area contributed by atoms with E-state index in [-0.39, 0.29) is 4.90 Å². The first-order chi connectivity index (χ1) is 13.8. The summed E-state index contributed by atoms with van der Waals surface area (Å²) in [5.41, 5.74) is 3.29. The Bertz CT molecular complexity index is 1280. The van der Waals surface area contributed by atoms with E-state index in [1.807, 2.05) is 31.2 Å². The Morgan fingerprint density at radius 1 is 0.931 bits per heavy atom. The van der Waals surface area contributed by atoms with Crippen molar-refractivity contribution in [3.63, 3.8) is 0 Å². The number of aromatic amines is 1. The summed E-state index contributed by atoms with van der Waals surface area (Å²) in [5.74, 6) is 0. The van der Waals surface area contributed by atoms with Crippen molar-refractivity contribution in [2.45, 2.75) is 17.9 Å². The molecule has 0 spiro atoms. The van der Waals surface area contributed by atoms with E-state index in [9.17, 15) is 8.42 Å². The SMILES string of the molecule is Cc1ccc(S(=O)(=O)NC(c2ccc(Cl)cc2Cl)c2c[nH]c3ccccc23)cc1. The zero-order valence-electron chi connectivity index (χ0n) is 15.5. The highest BCUT2D eigenvalue weighted by molar-refractivity contribution is 7.89. The molecule has 4 rings (SSSR count). The van der Waals surface area contributed by atoms with Gasteiger partial charge < -0.3 is 4.98 Å². The lowest BCUT2D eigenvalue weighted by Crippen LogP contribution is -2.29. The second-order valence-electron chi connectivity index (χ2n) is 6.82. The monoisotopic (exact) mass is 444 g/mol. The van der Waals surface area contributed by atoms with Crippen LogP contribution in [0, 0.1) is 6.92 Å². The quantitative estimate of drug-likeness (QED) is 0.405. The molecule has 0 radical (unpaired) electrons. The first-order valence-electron chi connectivity index (χ1n) is 8.95. The summed E-state index contributed by atoms with van der Waals surface area (Å²) in [6.07, 6.45) is 1.80. The lowest BCUT2D eigenvalue weighted by molar-refractivity contribution is 0.572. The largest absolute Gasteiger partial charge is 0.361 e. The Balaban J connectivity index is 1.85. The molecule has 0 saturated heterocycles. The molecule has 1 atom stereocenters. The van der Waals surface area contributed by atoms with Crippen LogP contribution in [0.25, 0.3) is 10.9 Å². The third-order valence-corrected chi connectivity index (χ3v) is 6.81. The number of aromatic nitrogens is 1. The molecule has 4 aromatic rings. The zero-order chi connectivity index (χ0) is 20.6. The average Bonchev–Trinajstić information content (AvgIpc) is 3.11. The van der Waals surface area contributed by atoms with Gasteiger partial charge in [-0.25, -0.2) is 8.42 Å². The van der Waals surface area contributed by atoms with Crippen LogP contribution < -0.4 is 4.72 Å². The number of hydrogen-bond acceptors (Lipinski definition) is 2. The van der Waals surface area contributed by atoms with Gasteiger partial charge in [-0.1, -0.05) is 65.2 Å². The molecule has 148 valence electrons.